The van der Waals surface area contributed by atoms with Crippen LogP contribution in [0.2, 0.25) is 0 Å². The predicted octanol–water partition coefficient (Wildman–Crippen LogP) is 1.52. The van der Waals surface area contributed by atoms with Gasteiger partial charge in [0, 0.05) is 6.54 Å². The summed E-state index contributed by atoms with van der Waals surface area (Å²) in [5.74, 6) is -1.82. The molecular weight excluding hydrogens is 333 g/mol. The standard InChI is InChI=1S/C17H18FNO4S/c18-16-7-5-15(6-8-16)14-3-1-13(2-4-14)11-24(22,23)12-17(21)19-9-10-20/h1-8,20H,9-12H2,(H,19,21). The van der Waals surface area contributed by atoms with Crippen molar-refractivity contribution in [2.24, 2.45) is 0 Å². The molecule has 5 nitrogen and oxygen atoms in total. The van der Waals surface area contributed by atoms with Crippen molar-refractivity contribution in [2.45, 2.75) is 5.75 Å². The average Bonchev–Trinajstić information content (AvgIpc) is 2.53. The van der Waals surface area contributed by atoms with E-state index in [9.17, 15) is 17.6 Å². The van der Waals surface area contributed by atoms with Crippen LogP contribution in [0.5, 0.6) is 0 Å². The molecule has 0 spiro atoms. The largest absolute Gasteiger partial charge is 0.395 e. The van der Waals surface area contributed by atoms with Crippen LogP contribution >= 0.6 is 0 Å². The second-order valence-corrected chi connectivity index (χ2v) is 7.37. The lowest BCUT2D eigenvalue weighted by Gasteiger charge is -2.07. The van der Waals surface area contributed by atoms with Crippen molar-refractivity contribution in [2.75, 3.05) is 18.9 Å². The van der Waals surface area contributed by atoms with Crippen molar-refractivity contribution in [3.8, 4) is 11.1 Å². The van der Waals surface area contributed by atoms with E-state index in [1.54, 1.807) is 36.4 Å². The number of rotatable bonds is 7. The number of aliphatic hydroxyl groups excluding tert-OH is 1. The molecule has 2 rings (SSSR count). The molecule has 0 saturated heterocycles. The number of nitrogens with one attached hydrogen (secondary N) is 1. The van der Waals surface area contributed by atoms with Crippen LogP contribution in [0.15, 0.2) is 48.5 Å². The maximum absolute atomic E-state index is 12.9. The van der Waals surface area contributed by atoms with Gasteiger partial charge in [-0.15, -0.1) is 0 Å². The zero-order valence-corrected chi connectivity index (χ0v) is 13.7. The average molecular weight is 351 g/mol. The molecule has 0 unspecified atom stereocenters. The highest BCUT2D eigenvalue weighted by atomic mass is 32.2. The third kappa shape index (κ3) is 5.43. The number of carbonyl (C=O) groups is 1. The summed E-state index contributed by atoms with van der Waals surface area (Å²) in [5, 5.41) is 10.9. The van der Waals surface area contributed by atoms with E-state index in [2.05, 4.69) is 5.32 Å². The number of hydrogen-bond donors (Lipinski definition) is 2. The van der Waals surface area contributed by atoms with E-state index < -0.39 is 21.5 Å². The molecule has 2 aromatic rings. The zero-order valence-electron chi connectivity index (χ0n) is 12.9. The highest BCUT2D eigenvalue weighted by Gasteiger charge is 2.17. The summed E-state index contributed by atoms with van der Waals surface area (Å²) in [6.45, 7) is -0.211. The van der Waals surface area contributed by atoms with Crippen LogP contribution < -0.4 is 5.32 Å². The lowest BCUT2D eigenvalue weighted by molar-refractivity contribution is -0.118. The molecule has 0 aliphatic carbocycles. The van der Waals surface area contributed by atoms with Gasteiger partial charge < -0.3 is 10.4 Å². The van der Waals surface area contributed by atoms with Crippen molar-refractivity contribution in [3.05, 3.63) is 59.9 Å². The first-order valence-corrected chi connectivity index (χ1v) is 9.14. The van der Waals surface area contributed by atoms with Gasteiger partial charge in [-0.2, -0.15) is 0 Å². The molecule has 0 bridgehead atoms. The summed E-state index contributed by atoms with van der Waals surface area (Å²) in [6.07, 6.45) is 0. The Bertz CT molecular complexity index is 786. The van der Waals surface area contributed by atoms with Gasteiger partial charge in [0.05, 0.1) is 12.4 Å². The van der Waals surface area contributed by atoms with Gasteiger partial charge in [0.1, 0.15) is 11.6 Å². The van der Waals surface area contributed by atoms with Crippen LogP contribution in [0, 0.1) is 5.82 Å². The molecule has 24 heavy (non-hydrogen) atoms. The van der Waals surface area contributed by atoms with E-state index >= 15 is 0 Å². The first kappa shape index (κ1) is 18.1. The number of sulfone groups is 1. The monoisotopic (exact) mass is 351 g/mol. The fourth-order valence-electron chi connectivity index (χ4n) is 2.19. The number of carbonyl (C=O) groups excluding carboxylic acids is 1. The third-order valence-corrected chi connectivity index (χ3v) is 4.78. The second kappa shape index (κ2) is 8.03. The van der Waals surface area contributed by atoms with Crippen molar-refractivity contribution < 1.29 is 22.7 Å². The van der Waals surface area contributed by atoms with E-state index in [4.69, 9.17) is 5.11 Å². The van der Waals surface area contributed by atoms with Gasteiger partial charge in [0.15, 0.2) is 9.84 Å². The van der Waals surface area contributed by atoms with Crippen LogP contribution in [0.4, 0.5) is 4.39 Å². The van der Waals surface area contributed by atoms with Gasteiger partial charge in [0.25, 0.3) is 0 Å². The van der Waals surface area contributed by atoms with Gasteiger partial charge >= 0.3 is 0 Å². The topological polar surface area (TPSA) is 83.5 Å². The maximum atomic E-state index is 12.9. The minimum atomic E-state index is -3.59. The Labute approximate surface area is 140 Å². The summed E-state index contributed by atoms with van der Waals surface area (Å²) in [4.78, 5) is 11.4. The molecule has 0 aromatic heterocycles. The fourth-order valence-corrected chi connectivity index (χ4v) is 3.49. The minimum Gasteiger partial charge on any atom is -0.395 e. The van der Waals surface area contributed by atoms with E-state index in [-0.39, 0.29) is 24.7 Å². The number of halogens is 1. The first-order valence-electron chi connectivity index (χ1n) is 7.32. The zero-order chi connectivity index (χ0) is 17.6. The van der Waals surface area contributed by atoms with E-state index in [1.807, 2.05) is 0 Å². The van der Waals surface area contributed by atoms with Gasteiger partial charge in [-0.1, -0.05) is 36.4 Å². The molecule has 128 valence electrons. The number of aliphatic hydroxyl groups is 1. The highest BCUT2D eigenvalue weighted by Crippen LogP contribution is 2.20. The van der Waals surface area contributed by atoms with E-state index in [0.717, 1.165) is 11.1 Å². The summed E-state index contributed by atoms with van der Waals surface area (Å²) in [7, 11) is -3.59. The molecule has 2 N–H and O–H groups in total. The van der Waals surface area contributed by atoms with Crippen LogP contribution in [-0.4, -0.2) is 38.3 Å². The van der Waals surface area contributed by atoms with Crippen molar-refractivity contribution in [3.63, 3.8) is 0 Å². The summed E-state index contributed by atoms with van der Waals surface area (Å²) >= 11 is 0. The van der Waals surface area contributed by atoms with Crippen molar-refractivity contribution >= 4 is 15.7 Å². The fraction of sp³-hybridized carbons (Fsp3) is 0.235. The Hall–Kier alpha value is -2.25. The first-order chi connectivity index (χ1) is 11.4. The van der Waals surface area contributed by atoms with Crippen molar-refractivity contribution in [1.82, 2.24) is 5.32 Å². The van der Waals surface area contributed by atoms with Crippen LogP contribution in [0.3, 0.4) is 0 Å². The molecule has 2 aromatic carbocycles. The Balaban J connectivity index is 2.02. The normalized spacial score (nSPS) is 11.2. The molecule has 0 aliphatic rings. The van der Waals surface area contributed by atoms with E-state index in [0.29, 0.717) is 5.56 Å². The molecule has 0 aliphatic heterocycles. The van der Waals surface area contributed by atoms with E-state index in [1.165, 1.54) is 12.1 Å². The van der Waals surface area contributed by atoms with Gasteiger partial charge in [0.2, 0.25) is 5.91 Å². The Morgan fingerprint density at radius 3 is 2.08 bits per heavy atom. The smallest absolute Gasteiger partial charge is 0.235 e. The lowest BCUT2D eigenvalue weighted by Crippen LogP contribution is -2.32. The summed E-state index contributed by atoms with van der Waals surface area (Å²) in [5.41, 5.74) is 2.24. The number of hydrogen-bond acceptors (Lipinski definition) is 4. The summed E-state index contributed by atoms with van der Waals surface area (Å²) in [6, 6.07) is 12.9. The number of amides is 1. The lowest BCUT2D eigenvalue weighted by atomic mass is 10.0. The van der Waals surface area contributed by atoms with Gasteiger partial charge in [-0.25, -0.2) is 12.8 Å². The Kier molecular flexibility index (Phi) is 6.05. The molecule has 0 fully saturated rings. The molecular formula is C17H18FNO4S. The molecule has 0 atom stereocenters. The van der Waals surface area contributed by atoms with Crippen LogP contribution in [0.25, 0.3) is 11.1 Å². The third-order valence-electron chi connectivity index (χ3n) is 3.30. The van der Waals surface area contributed by atoms with Crippen LogP contribution in [0.1, 0.15) is 5.56 Å². The maximum Gasteiger partial charge on any atom is 0.235 e. The second-order valence-electron chi connectivity index (χ2n) is 5.31. The SMILES string of the molecule is O=C(CS(=O)(=O)Cc1ccc(-c2ccc(F)cc2)cc1)NCCO. The molecule has 0 saturated carbocycles. The molecule has 1 amide bonds. The number of benzene rings is 2. The molecule has 0 heterocycles. The molecule has 7 heteroatoms. The Morgan fingerprint density at radius 1 is 1.00 bits per heavy atom. The van der Waals surface area contributed by atoms with Gasteiger partial charge in [-0.05, 0) is 28.8 Å². The predicted molar refractivity (Wildman–Crippen MR) is 89.4 cm³/mol. The quantitative estimate of drug-likeness (QED) is 0.792. The molecule has 0 radical (unpaired) electrons. The Morgan fingerprint density at radius 2 is 1.54 bits per heavy atom. The minimum absolute atomic E-state index is 0.0285. The van der Waals surface area contributed by atoms with Gasteiger partial charge in [-0.3, -0.25) is 4.79 Å². The van der Waals surface area contributed by atoms with Crippen molar-refractivity contribution in [1.29, 1.82) is 0 Å². The van der Waals surface area contributed by atoms with Crippen LogP contribution in [-0.2, 0) is 20.4 Å². The highest BCUT2D eigenvalue weighted by molar-refractivity contribution is 7.91. The summed E-state index contributed by atoms with van der Waals surface area (Å²) < 4.78 is 36.9.